The zero-order valence-corrected chi connectivity index (χ0v) is 22.4. The minimum atomic E-state index is -1.75. The zero-order chi connectivity index (χ0) is 27.1. The van der Waals surface area contributed by atoms with Gasteiger partial charge in [-0.05, 0) is 67.8 Å². The largest absolute Gasteiger partial charge is 0.477 e. The van der Waals surface area contributed by atoms with E-state index in [1.54, 1.807) is 12.1 Å². The van der Waals surface area contributed by atoms with Gasteiger partial charge >= 0.3 is 0 Å². The highest BCUT2D eigenvalue weighted by Crippen LogP contribution is 2.42. The van der Waals surface area contributed by atoms with Crippen LogP contribution in [0.15, 0.2) is 35.2 Å². The number of nitrogens with two attached hydrogens (primary N) is 1. The number of carbonyl (C=O) groups is 2. The van der Waals surface area contributed by atoms with E-state index in [4.69, 9.17) is 14.6 Å². The van der Waals surface area contributed by atoms with E-state index in [2.05, 4.69) is 4.98 Å². The van der Waals surface area contributed by atoms with E-state index in [9.17, 15) is 14.0 Å². The quantitative estimate of drug-likeness (QED) is 0.516. The Morgan fingerprint density at radius 3 is 2.44 bits per heavy atom. The second-order valence-electron chi connectivity index (χ2n) is 11.1. The van der Waals surface area contributed by atoms with Crippen molar-refractivity contribution in [1.82, 2.24) is 14.8 Å². The van der Waals surface area contributed by atoms with E-state index < -0.39 is 23.3 Å². The van der Waals surface area contributed by atoms with Gasteiger partial charge in [-0.2, -0.15) is 0 Å². The van der Waals surface area contributed by atoms with Gasteiger partial charge in [0.1, 0.15) is 5.82 Å². The lowest BCUT2D eigenvalue weighted by Gasteiger charge is -2.24. The average Bonchev–Trinajstić information content (AvgIpc) is 3.68. The lowest BCUT2D eigenvalue weighted by molar-refractivity contribution is 0.0490. The van der Waals surface area contributed by atoms with E-state index in [1.165, 1.54) is 21.9 Å². The van der Waals surface area contributed by atoms with E-state index in [-0.39, 0.29) is 37.6 Å². The summed E-state index contributed by atoms with van der Waals surface area (Å²) >= 11 is 0.886. The first-order chi connectivity index (χ1) is 18.8. The van der Waals surface area contributed by atoms with Crippen LogP contribution in [0.4, 0.5) is 8.78 Å². The number of carbonyl (C=O) groups excluding carboxylic acids is 2. The molecule has 0 bridgehead atoms. The molecule has 4 fully saturated rings. The van der Waals surface area contributed by atoms with Crippen molar-refractivity contribution in [2.75, 3.05) is 46.0 Å². The smallest absolute Gasteiger partial charge is 0.256 e. The molecule has 4 aliphatic rings. The summed E-state index contributed by atoms with van der Waals surface area (Å²) in [6, 6.07) is 7.61. The Morgan fingerprint density at radius 1 is 1.08 bits per heavy atom. The molecule has 0 spiro atoms. The van der Waals surface area contributed by atoms with E-state index in [0.29, 0.717) is 34.8 Å². The van der Waals surface area contributed by atoms with E-state index in [1.807, 2.05) is 6.07 Å². The molecule has 0 radical (unpaired) electrons. The summed E-state index contributed by atoms with van der Waals surface area (Å²) in [5.74, 6) is -0.893. The lowest BCUT2D eigenvalue weighted by atomic mass is 9.97. The number of ether oxygens (including phenoxy) is 2. The molecule has 1 saturated carbocycles. The van der Waals surface area contributed by atoms with Crippen LogP contribution in [0.25, 0.3) is 0 Å². The van der Waals surface area contributed by atoms with Gasteiger partial charge in [0.25, 0.3) is 11.8 Å². The van der Waals surface area contributed by atoms with Crippen LogP contribution in [0.5, 0.6) is 5.88 Å². The summed E-state index contributed by atoms with van der Waals surface area (Å²) < 4.78 is 42.0. The Hall–Kier alpha value is -2.76. The number of aromatic nitrogens is 1. The molecule has 2 N–H and O–H groups in total. The molecule has 11 heteroatoms. The molecule has 39 heavy (non-hydrogen) atoms. The summed E-state index contributed by atoms with van der Waals surface area (Å²) in [4.78, 5) is 34.5. The Bertz CT molecular complexity index is 1270. The fourth-order valence-electron chi connectivity index (χ4n) is 5.82. The van der Waals surface area contributed by atoms with Crippen molar-refractivity contribution < 1.29 is 27.8 Å². The normalized spacial score (nSPS) is 25.2. The number of amides is 2. The Labute approximate surface area is 230 Å². The molecule has 1 aliphatic carbocycles. The predicted molar refractivity (Wildman–Crippen MR) is 141 cm³/mol. The topological polar surface area (TPSA) is 98.0 Å². The summed E-state index contributed by atoms with van der Waals surface area (Å²) in [6.45, 7) is 1.98. The second-order valence-corrected chi connectivity index (χ2v) is 11.8. The molecular weight excluding hydrogens is 526 g/mol. The van der Waals surface area contributed by atoms with E-state index in [0.717, 1.165) is 56.5 Å². The van der Waals surface area contributed by atoms with Gasteiger partial charge in [0.2, 0.25) is 5.88 Å². The molecule has 1 aromatic heterocycles. The second kappa shape index (κ2) is 10.7. The maximum absolute atomic E-state index is 16.0. The van der Waals surface area contributed by atoms with Crippen molar-refractivity contribution >= 4 is 23.8 Å². The van der Waals surface area contributed by atoms with Gasteiger partial charge in [-0.25, -0.2) is 13.8 Å². The van der Waals surface area contributed by atoms with Crippen LogP contribution in [0.1, 0.15) is 58.0 Å². The SMILES string of the molecule is NSc1ccc(C(=O)N2CC3CN(C(=O)c4cc(OCC5CCOCC5)nc(C5CC5)c4)CC3(F)C2)c(F)c1. The van der Waals surface area contributed by atoms with Crippen LogP contribution in [-0.4, -0.2) is 78.3 Å². The Morgan fingerprint density at radius 2 is 1.79 bits per heavy atom. The number of rotatable bonds is 7. The first-order valence-corrected chi connectivity index (χ1v) is 14.4. The summed E-state index contributed by atoms with van der Waals surface area (Å²) in [5, 5.41) is 5.46. The molecule has 1 aromatic carbocycles. The maximum atomic E-state index is 16.0. The van der Waals surface area contributed by atoms with E-state index >= 15 is 4.39 Å². The van der Waals surface area contributed by atoms with Crippen molar-refractivity contribution in [3.05, 3.63) is 53.0 Å². The molecule has 8 nitrogen and oxygen atoms in total. The third kappa shape index (κ3) is 5.49. The van der Waals surface area contributed by atoms with Gasteiger partial charge in [0.15, 0.2) is 5.67 Å². The minimum absolute atomic E-state index is 0.109. The first-order valence-electron chi connectivity index (χ1n) is 13.5. The number of halogens is 2. The number of nitrogens with zero attached hydrogens (tertiary/aromatic N) is 3. The summed E-state index contributed by atoms with van der Waals surface area (Å²) in [7, 11) is 0. The number of hydrogen-bond acceptors (Lipinski definition) is 7. The Balaban J connectivity index is 1.13. The van der Waals surface area contributed by atoms with Gasteiger partial charge < -0.3 is 19.3 Å². The van der Waals surface area contributed by atoms with Crippen LogP contribution in [0.2, 0.25) is 0 Å². The molecule has 2 amide bonds. The molecule has 2 aromatic rings. The van der Waals surface area contributed by atoms with Crippen LogP contribution >= 0.6 is 11.9 Å². The molecule has 3 saturated heterocycles. The molecule has 6 rings (SSSR count). The van der Waals surface area contributed by atoms with Gasteiger partial charge in [-0.3, -0.25) is 14.7 Å². The molecule has 2 unspecified atom stereocenters. The Kier molecular flexibility index (Phi) is 7.24. The number of alkyl halides is 1. The van der Waals surface area contributed by atoms with Crippen LogP contribution in [0.3, 0.4) is 0 Å². The molecule has 4 heterocycles. The van der Waals surface area contributed by atoms with Crippen LogP contribution < -0.4 is 9.88 Å². The van der Waals surface area contributed by atoms with Crippen molar-refractivity contribution in [1.29, 1.82) is 0 Å². The number of fused-ring (bicyclic) bond motifs is 1. The standard InChI is InChI=1S/C28H32F2N4O4S/c29-23-11-21(39-31)3-4-22(23)27(36)34-13-20-12-33(15-28(20,30)16-34)26(35)19-9-24(18-1-2-18)32-25(10-19)38-14-17-5-7-37-8-6-17/h3-4,9-11,17-18,20H,1-2,5-8,12-16,31H2. The molecule has 3 aliphatic heterocycles. The number of hydrogen-bond donors (Lipinski definition) is 1. The molecular formula is C28H32F2N4O4S. The zero-order valence-electron chi connectivity index (χ0n) is 21.6. The minimum Gasteiger partial charge on any atom is -0.477 e. The van der Waals surface area contributed by atoms with Crippen molar-refractivity contribution in [3.8, 4) is 5.88 Å². The molecule has 208 valence electrons. The highest BCUT2D eigenvalue weighted by molar-refractivity contribution is 7.97. The van der Waals surface area contributed by atoms with Crippen molar-refractivity contribution in [2.45, 2.75) is 42.2 Å². The first kappa shape index (κ1) is 26.5. The highest BCUT2D eigenvalue weighted by atomic mass is 32.2. The fourth-order valence-corrected chi connectivity index (χ4v) is 6.14. The van der Waals surface area contributed by atoms with Crippen molar-refractivity contribution in [2.24, 2.45) is 17.0 Å². The summed E-state index contributed by atoms with van der Waals surface area (Å²) in [5.41, 5.74) is -0.564. The predicted octanol–water partition coefficient (Wildman–Crippen LogP) is 3.81. The van der Waals surface area contributed by atoms with Crippen LogP contribution in [-0.2, 0) is 4.74 Å². The average molecular weight is 559 g/mol. The maximum Gasteiger partial charge on any atom is 0.256 e. The molecule has 2 atom stereocenters. The van der Waals surface area contributed by atoms with Crippen LogP contribution in [0, 0.1) is 17.7 Å². The van der Waals surface area contributed by atoms with Gasteiger partial charge in [0.05, 0.1) is 25.3 Å². The fraction of sp³-hybridized carbons (Fsp3) is 0.536. The third-order valence-corrected chi connectivity index (χ3v) is 8.80. The number of likely N-dealkylation sites (tertiary alicyclic amines) is 2. The number of pyridine rings is 1. The monoisotopic (exact) mass is 558 g/mol. The number of benzene rings is 1. The highest BCUT2D eigenvalue weighted by Gasteiger charge is 2.55. The van der Waals surface area contributed by atoms with Crippen molar-refractivity contribution in [3.63, 3.8) is 0 Å². The van der Waals surface area contributed by atoms with Gasteiger partial charge in [-0.1, -0.05) is 0 Å². The summed E-state index contributed by atoms with van der Waals surface area (Å²) in [6.07, 6.45) is 3.93. The van der Waals surface area contributed by atoms with Gasteiger partial charge in [0, 0.05) is 60.4 Å². The lowest BCUT2D eigenvalue weighted by Crippen LogP contribution is -2.40. The third-order valence-electron chi connectivity index (χ3n) is 8.27. The van der Waals surface area contributed by atoms with Gasteiger partial charge in [-0.15, -0.1) is 0 Å².